The number of hydrogen-bond donors (Lipinski definition) is 1. The summed E-state index contributed by atoms with van der Waals surface area (Å²) < 4.78 is 5.02. The minimum absolute atomic E-state index is 0.742. The molecule has 0 aliphatic rings. The second-order valence-electron chi connectivity index (χ2n) is 3.65. The van der Waals surface area contributed by atoms with Crippen LogP contribution in [0.25, 0.3) is 10.9 Å². The van der Waals surface area contributed by atoms with Crippen molar-refractivity contribution in [3.63, 3.8) is 0 Å². The molecule has 0 amide bonds. The quantitative estimate of drug-likeness (QED) is 0.381. The van der Waals surface area contributed by atoms with Gasteiger partial charge < -0.3 is 10.5 Å². The van der Waals surface area contributed by atoms with Gasteiger partial charge in [-0.25, -0.2) is 9.97 Å². The molecule has 0 unspecified atom stereocenters. The van der Waals surface area contributed by atoms with Crippen LogP contribution in [-0.4, -0.2) is 29.4 Å². The molecule has 1 aromatic carbocycles. The second kappa shape index (κ2) is 5.84. The van der Waals surface area contributed by atoms with Gasteiger partial charge in [0.2, 0.25) is 0 Å². The van der Waals surface area contributed by atoms with Crippen molar-refractivity contribution in [3.05, 3.63) is 24.5 Å². The first-order valence-electron chi connectivity index (χ1n) is 5.43. The van der Waals surface area contributed by atoms with E-state index >= 15 is 0 Å². The molecule has 0 saturated heterocycles. The van der Waals surface area contributed by atoms with Gasteiger partial charge in [-0.15, -0.1) is 11.8 Å². The van der Waals surface area contributed by atoms with Crippen LogP contribution >= 0.6 is 11.8 Å². The van der Waals surface area contributed by atoms with Crippen LogP contribution in [0.5, 0.6) is 0 Å². The number of rotatable bonds is 5. The molecule has 2 aromatic rings. The summed E-state index contributed by atoms with van der Waals surface area (Å²) in [6.45, 7) is 0.776. The van der Waals surface area contributed by atoms with E-state index in [0.717, 1.165) is 40.4 Å². The van der Waals surface area contributed by atoms with Crippen LogP contribution < -0.4 is 5.73 Å². The van der Waals surface area contributed by atoms with Crippen molar-refractivity contribution >= 4 is 28.4 Å². The highest BCUT2D eigenvalue weighted by Crippen LogP contribution is 2.26. The van der Waals surface area contributed by atoms with Crippen LogP contribution in [0.4, 0.5) is 5.69 Å². The average molecular weight is 249 g/mol. The summed E-state index contributed by atoms with van der Waals surface area (Å²) in [6.07, 6.45) is 2.60. The van der Waals surface area contributed by atoms with E-state index in [4.69, 9.17) is 10.5 Å². The van der Waals surface area contributed by atoms with Gasteiger partial charge >= 0.3 is 0 Å². The largest absolute Gasteiger partial charge is 0.399 e. The zero-order chi connectivity index (χ0) is 12.1. The molecule has 0 radical (unpaired) electrons. The fraction of sp³-hybridized carbons (Fsp3) is 0.333. The highest BCUT2D eigenvalue weighted by Gasteiger charge is 2.04. The van der Waals surface area contributed by atoms with Crippen molar-refractivity contribution in [2.75, 3.05) is 25.2 Å². The Morgan fingerprint density at radius 3 is 3.06 bits per heavy atom. The molecule has 90 valence electrons. The van der Waals surface area contributed by atoms with Crippen molar-refractivity contribution in [3.8, 4) is 0 Å². The number of nitrogen functional groups attached to an aromatic ring is 1. The van der Waals surface area contributed by atoms with Crippen LogP contribution in [0, 0.1) is 0 Å². The lowest BCUT2D eigenvalue weighted by Crippen LogP contribution is -1.93. The van der Waals surface area contributed by atoms with Gasteiger partial charge in [-0.2, -0.15) is 0 Å². The first-order valence-corrected chi connectivity index (χ1v) is 6.42. The molecule has 5 heteroatoms. The lowest BCUT2D eigenvalue weighted by Gasteiger charge is -2.05. The summed E-state index contributed by atoms with van der Waals surface area (Å²) in [6, 6.07) is 5.70. The van der Waals surface area contributed by atoms with Gasteiger partial charge in [0.15, 0.2) is 0 Å². The van der Waals surface area contributed by atoms with Crippen molar-refractivity contribution in [1.82, 2.24) is 9.97 Å². The second-order valence-corrected chi connectivity index (χ2v) is 4.73. The number of benzene rings is 1. The van der Waals surface area contributed by atoms with E-state index in [2.05, 4.69) is 9.97 Å². The third kappa shape index (κ3) is 3.08. The molecule has 17 heavy (non-hydrogen) atoms. The summed E-state index contributed by atoms with van der Waals surface area (Å²) in [5.74, 6) is 0.981. The predicted octanol–water partition coefficient (Wildman–Crippen LogP) is 2.34. The van der Waals surface area contributed by atoms with Crippen LogP contribution in [0.15, 0.2) is 29.6 Å². The average Bonchev–Trinajstić information content (AvgIpc) is 2.35. The van der Waals surface area contributed by atoms with E-state index in [1.807, 2.05) is 18.2 Å². The number of hydrogen-bond acceptors (Lipinski definition) is 5. The maximum Gasteiger partial charge on any atom is 0.117 e. The predicted molar refractivity (Wildman–Crippen MR) is 71.2 cm³/mol. The van der Waals surface area contributed by atoms with Gasteiger partial charge in [0.1, 0.15) is 11.4 Å². The molecule has 0 atom stereocenters. The minimum atomic E-state index is 0.742. The van der Waals surface area contributed by atoms with Crippen molar-refractivity contribution in [2.45, 2.75) is 11.4 Å². The first kappa shape index (κ1) is 12.1. The first-order chi connectivity index (χ1) is 8.31. The number of fused-ring (bicyclic) bond motifs is 1. The summed E-state index contributed by atoms with van der Waals surface area (Å²) in [7, 11) is 1.71. The van der Waals surface area contributed by atoms with Crippen LogP contribution in [0.3, 0.4) is 0 Å². The Kier molecular flexibility index (Phi) is 4.17. The van der Waals surface area contributed by atoms with Gasteiger partial charge in [0, 0.05) is 30.5 Å². The molecule has 0 aliphatic heterocycles. The van der Waals surface area contributed by atoms with Gasteiger partial charge in [-0.3, -0.25) is 0 Å². The molecular formula is C12H15N3OS. The summed E-state index contributed by atoms with van der Waals surface area (Å²) in [4.78, 5) is 8.52. The Morgan fingerprint density at radius 2 is 2.24 bits per heavy atom. The fourth-order valence-corrected chi connectivity index (χ4v) is 2.43. The SMILES string of the molecule is COCCCSc1ncnc2ccc(N)cc12. The third-order valence-electron chi connectivity index (χ3n) is 2.35. The van der Waals surface area contributed by atoms with E-state index in [0.29, 0.717) is 0 Å². The highest BCUT2D eigenvalue weighted by molar-refractivity contribution is 7.99. The Hall–Kier alpha value is -1.33. The van der Waals surface area contributed by atoms with Gasteiger partial charge in [-0.05, 0) is 24.6 Å². The maximum atomic E-state index is 5.78. The molecule has 0 fully saturated rings. The number of thioether (sulfide) groups is 1. The summed E-state index contributed by atoms with van der Waals surface area (Å²) in [5, 5.41) is 2.01. The smallest absolute Gasteiger partial charge is 0.117 e. The van der Waals surface area contributed by atoms with Crippen LogP contribution in [-0.2, 0) is 4.74 Å². The van der Waals surface area contributed by atoms with Crippen molar-refractivity contribution in [1.29, 1.82) is 0 Å². The molecule has 1 heterocycles. The van der Waals surface area contributed by atoms with E-state index in [1.54, 1.807) is 25.2 Å². The molecule has 2 rings (SSSR count). The maximum absolute atomic E-state index is 5.78. The highest BCUT2D eigenvalue weighted by atomic mass is 32.2. The van der Waals surface area contributed by atoms with E-state index in [9.17, 15) is 0 Å². The van der Waals surface area contributed by atoms with Gasteiger partial charge in [0.25, 0.3) is 0 Å². The van der Waals surface area contributed by atoms with Crippen LogP contribution in [0.1, 0.15) is 6.42 Å². The number of aromatic nitrogens is 2. The molecule has 0 bridgehead atoms. The monoisotopic (exact) mass is 249 g/mol. The fourth-order valence-electron chi connectivity index (χ4n) is 1.54. The Morgan fingerprint density at radius 1 is 1.35 bits per heavy atom. The van der Waals surface area contributed by atoms with Gasteiger partial charge in [0.05, 0.1) is 5.52 Å². The molecule has 0 aliphatic carbocycles. The third-order valence-corrected chi connectivity index (χ3v) is 3.45. The molecule has 2 N–H and O–H groups in total. The normalized spacial score (nSPS) is 10.9. The summed E-state index contributed by atoms with van der Waals surface area (Å²) >= 11 is 1.71. The zero-order valence-electron chi connectivity index (χ0n) is 9.72. The molecule has 0 spiro atoms. The number of ether oxygens (including phenoxy) is 1. The Balaban J connectivity index is 2.18. The van der Waals surface area contributed by atoms with Gasteiger partial charge in [-0.1, -0.05) is 0 Å². The lowest BCUT2D eigenvalue weighted by atomic mass is 10.2. The molecule has 1 aromatic heterocycles. The number of methoxy groups -OCH3 is 1. The molecule has 0 saturated carbocycles. The zero-order valence-corrected chi connectivity index (χ0v) is 10.5. The lowest BCUT2D eigenvalue weighted by molar-refractivity contribution is 0.200. The molecule has 4 nitrogen and oxygen atoms in total. The van der Waals surface area contributed by atoms with E-state index < -0.39 is 0 Å². The topological polar surface area (TPSA) is 61.0 Å². The van der Waals surface area contributed by atoms with E-state index in [-0.39, 0.29) is 0 Å². The Bertz CT molecular complexity index is 504. The minimum Gasteiger partial charge on any atom is -0.399 e. The summed E-state index contributed by atoms with van der Waals surface area (Å²) in [5.41, 5.74) is 7.46. The molecular weight excluding hydrogens is 234 g/mol. The number of nitrogens with two attached hydrogens (primary N) is 1. The Labute approximate surface area is 105 Å². The van der Waals surface area contributed by atoms with Crippen molar-refractivity contribution in [2.24, 2.45) is 0 Å². The van der Waals surface area contributed by atoms with Crippen LogP contribution in [0.2, 0.25) is 0 Å². The standard InChI is InChI=1S/C12H15N3OS/c1-16-5-2-6-17-12-10-7-9(13)3-4-11(10)14-8-15-12/h3-4,7-8H,2,5-6,13H2,1H3. The number of anilines is 1. The van der Waals surface area contributed by atoms with E-state index in [1.165, 1.54) is 0 Å². The number of nitrogens with zero attached hydrogens (tertiary/aromatic N) is 2. The van der Waals surface area contributed by atoms with Crippen molar-refractivity contribution < 1.29 is 4.74 Å².